The molecule has 0 aliphatic carbocycles. The average Bonchev–Trinajstić information content (AvgIpc) is 2.27. The van der Waals surface area contributed by atoms with E-state index in [9.17, 15) is 5.11 Å². The highest BCUT2D eigenvalue weighted by Crippen LogP contribution is 2.25. The van der Waals surface area contributed by atoms with E-state index < -0.39 is 5.60 Å². The first-order valence-corrected chi connectivity index (χ1v) is 6.60. The van der Waals surface area contributed by atoms with Gasteiger partial charge in [0.05, 0.1) is 15.6 Å². The summed E-state index contributed by atoms with van der Waals surface area (Å²) in [5, 5.41) is 11.1. The van der Waals surface area contributed by atoms with E-state index in [-0.39, 0.29) is 0 Å². The third-order valence-electron chi connectivity index (χ3n) is 3.32. The van der Waals surface area contributed by atoms with Gasteiger partial charge in [0.25, 0.3) is 0 Å². The molecule has 0 aromatic heterocycles. The number of nitrogens with zero attached hydrogens (tertiary/aromatic N) is 1. The summed E-state index contributed by atoms with van der Waals surface area (Å²) in [5.74, 6) is 0. The Kier molecular flexibility index (Phi) is 3.99. The normalized spacial score (nSPS) is 20.5. The van der Waals surface area contributed by atoms with Gasteiger partial charge < -0.3 is 5.11 Å². The van der Waals surface area contributed by atoms with E-state index in [4.69, 9.17) is 23.2 Å². The third kappa shape index (κ3) is 3.59. The summed E-state index contributed by atoms with van der Waals surface area (Å²) in [7, 11) is 0. The van der Waals surface area contributed by atoms with E-state index in [0.29, 0.717) is 10.0 Å². The van der Waals surface area contributed by atoms with Crippen LogP contribution in [0.2, 0.25) is 10.0 Å². The predicted molar refractivity (Wildman–Crippen MR) is 71.6 cm³/mol. The first-order valence-electron chi connectivity index (χ1n) is 5.85. The lowest BCUT2D eigenvalue weighted by Gasteiger charge is -2.35. The van der Waals surface area contributed by atoms with Gasteiger partial charge in [-0.25, -0.2) is 0 Å². The fourth-order valence-corrected chi connectivity index (χ4v) is 2.41. The zero-order chi connectivity index (χ0) is 12.5. The molecule has 1 fully saturated rings. The Morgan fingerprint density at radius 2 is 1.88 bits per heavy atom. The number of aliphatic hydroxyl groups is 1. The van der Waals surface area contributed by atoms with Crippen molar-refractivity contribution in [3.8, 4) is 0 Å². The van der Waals surface area contributed by atoms with Crippen molar-refractivity contribution in [3.05, 3.63) is 33.8 Å². The van der Waals surface area contributed by atoms with Crippen molar-refractivity contribution in [2.45, 2.75) is 31.9 Å². The number of rotatable bonds is 2. The van der Waals surface area contributed by atoms with Crippen LogP contribution in [0.1, 0.15) is 25.3 Å². The molecule has 1 N–H and O–H groups in total. The standard InChI is InChI=1S/C13H17Cl2NO/c1-13(17)4-6-16(7-5-13)9-10-2-3-11(14)12(15)8-10/h2-3,8,17H,4-7,9H2,1H3. The Labute approximate surface area is 112 Å². The smallest absolute Gasteiger partial charge is 0.0644 e. The van der Waals surface area contributed by atoms with Gasteiger partial charge in [0.15, 0.2) is 0 Å². The van der Waals surface area contributed by atoms with E-state index in [1.807, 2.05) is 25.1 Å². The Morgan fingerprint density at radius 3 is 2.47 bits per heavy atom. The molecule has 0 unspecified atom stereocenters. The molecule has 1 aliphatic rings. The van der Waals surface area contributed by atoms with Crippen molar-refractivity contribution in [2.24, 2.45) is 0 Å². The van der Waals surface area contributed by atoms with E-state index in [1.54, 1.807) is 0 Å². The molecule has 2 nitrogen and oxygen atoms in total. The molecule has 1 saturated heterocycles. The Bertz CT molecular complexity index is 396. The lowest BCUT2D eigenvalue weighted by atomic mass is 9.93. The van der Waals surface area contributed by atoms with Crippen LogP contribution < -0.4 is 0 Å². The monoisotopic (exact) mass is 273 g/mol. The lowest BCUT2D eigenvalue weighted by molar-refractivity contribution is -0.00729. The molecule has 1 heterocycles. The second-order valence-electron chi connectivity index (χ2n) is 5.02. The van der Waals surface area contributed by atoms with Crippen LogP contribution in [-0.2, 0) is 6.54 Å². The molecule has 0 spiro atoms. The first-order chi connectivity index (χ1) is 7.96. The van der Waals surface area contributed by atoms with Crippen molar-refractivity contribution in [2.75, 3.05) is 13.1 Å². The van der Waals surface area contributed by atoms with Crippen LogP contribution in [0.3, 0.4) is 0 Å². The van der Waals surface area contributed by atoms with Gasteiger partial charge in [-0.15, -0.1) is 0 Å². The molecule has 1 aromatic rings. The molecule has 4 heteroatoms. The Balaban J connectivity index is 1.95. The third-order valence-corrected chi connectivity index (χ3v) is 4.06. The highest BCUT2D eigenvalue weighted by atomic mass is 35.5. The minimum atomic E-state index is -0.492. The van der Waals surface area contributed by atoms with Crippen LogP contribution in [0.15, 0.2) is 18.2 Å². The summed E-state index contributed by atoms with van der Waals surface area (Å²) >= 11 is 11.9. The van der Waals surface area contributed by atoms with Gasteiger partial charge in [0.1, 0.15) is 0 Å². The fourth-order valence-electron chi connectivity index (χ4n) is 2.09. The van der Waals surface area contributed by atoms with Crippen molar-refractivity contribution in [1.82, 2.24) is 4.90 Å². The van der Waals surface area contributed by atoms with Crippen LogP contribution in [0.4, 0.5) is 0 Å². The number of likely N-dealkylation sites (tertiary alicyclic amines) is 1. The SMILES string of the molecule is CC1(O)CCN(Cc2ccc(Cl)c(Cl)c2)CC1. The molecular formula is C13H17Cl2NO. The van der Waals surface area contributed by atoms with Gasteiger partial charge in [-0.3, -0.25) is 4.90 Å². The molecule has 0 atom stereocenters. The lowest BCUT2D eigenvalue weighted by Crippen LogP contribution is -2.41. The maximum absolute atomic E-state index is 9.87. The van der Waals surface area contributed by atoms with Gasteiger partial charge in [-0.05, 0) is 37.5 Å². The van der Waals surface area contributed by atoms with Crippen LogP contribution in [0, 0.1) is 0 Å². The van der Waals surface area contributed by atoms with E-state index in [1.165, 1.54) is 5.56 Å². The first kappa shape index (κ1) is 13.2. The van der Waals surface area contributed by atoms with E-state index in [2.05, 4.69) is 4.90 Å². The summed E-state index contributed by atoms with van der Waals surface area (Å²) in [6.07, 6.45) is 1.66. The zero-order valence-electron chi connectivity index (χ0n) is 9.92. The van der Waals surface area contributed by atoms with Gasteiger partial charge in [0, 0.05) is 19.6 Å². The molecule has 94 valence electrons. The molecule has 0 radical (unpaired) electrons. The van der Waals surface area contributed by atoms with Crippen LogP contribution in [0.5, 0.6) is 0 Å². The number of halogens is 2. The summed E-state index contributed by atoms with van der Waals surface area (Å²) in [6.45, 7) is 4.62. The number of piperidine rings is 1. The second kappa shape index (κ2) is 5.15. The maximum Gasteiger partial charge on any atom is 0.0644 e. The number of hydrogen-bond acceptors (Lipinski definition) is 2. The number of hydrogen-bond donors (Lipinski definition) is 1. The van der Waals surface area contributed by atoms with Gasteiger partial charge in [-0.1, -0.05) is 29.3 Å². The average molecular weight is 274 g/mol. The van der Waals surface area contributed by atoms with Gasteiger partial charge in [0.2, 0.25) is 0 Å². The van der Waals surface area contributed by atoms with Crippen molar-refractivity contribution in [1.29, 1.82) is 0 Å². The highest BCUT2D eigenvalue weighted by Gasteiger charge is 2.27. The maximum atomic E-state index is 9.87. The van der Waals surface area contributed by atoms with Crippen LogP contribution >= 0.6 is 23.2 Å². The molecular weight excluding hydrogens is 257 g/mol. The fraction of sp³-hybridized carbons (Fsp3) is 0.538. The molecule has 0 amide bonds. The molecule has 17 heavy (non-hydrogen) atoms. The van der Waals surface area contributed by atoms with Crippen molar-refractivity contribution >= 4 is 23.2 Å². The highest BCUT2D eigenvalue weighted by molar-refractivity contribution is 6.42. The topological polar surface area (TPSA) is 23.5 Å². The molecule has 1 aromatic carbocycles. The van der Waals surface area contributed by atoms with E-state index >= 15 is 0 Å². The van der Waals surface area contributed by atoms with Crippen LogP contribution in [-0.4, -0.2) is 28.7 Å². The quantitative estimate of drug-likeness (QED) is 0.894. The van der Waals surface area contributed by atoms with Crippen molar-refractivity contribution < 1.29 is 5.11 Å². The Morgan fingerprint density at radius 1 is 1.24 bits per heavy atom. The molecule has 0 bridgehead atoms. The minimum Gasteiger partial charge on any atom is -0.390 e. The molecule has 0 saturated carbocycles. The molecule has 2 rings (SSSR count). The molecule has 1 aliphatic heterocycles. The predicted octanol–water partition coefficient (Wildman–Crippen LogP) is 3.34. The van der Waals surface area contributed by atoms with Gasteiger partial charge >= 0.3 is 0 Å². The largest absolute Gasteiger partial charge is 0.390 e. The van der Waals surface area contributed by atoms with Gasteiger partial charge in [-0.2, -0.15) is 0 Å². The summed E-state index contributed by atoms with van der Waals surface area (Å²) < 4.78 is 0. The Hall–Kier alpha value is -0.280. The van der Waals surface area contributed by atoms with E-state index in [0.717, 1.165) is 32.5 Å². The van der Waals surface area contributed by atoms with Crippen LogP contribution in [0.25, 0.3) is 0 Å². The zero-order valence-corrected chi connectivity index (χ0v) is 11.4. The second-order valence-corrected chi connectivity index (χ2v) is 5.84. The summed E-state index contributed by atoms with van der Waals surface area (Å²) in [4.78, 5) is 2.33. The summed E-state index contributed by atoms with van der Waals surface area (Å²) in [6, 6.07) is 5.75. The summed E-state index contributed by atoms with van der Waals surface area (Å²) in [5.41, 5.74) is 0.676. The minimum absolute atomic E-state index is 0.492. The van der Waals surface area contributed by atoms with Crippen molar-refractivity contribution in [3.63, 3.8) is 0 Å². The number of benzene rings is 1.